The topological polar surface area (TPSA) is 94.1 Å². The van der Waals surface area contributed by atoms with Gasteiger partial charge in [0.1, 0.15) is 12.4 Å². The summed E-state index contributed by atoms with van der Waals surface area (Å²) < 4.78 is 6.08. The Morgan fingerprint density at radius 3 is 2.62 bits per heavy atom. The van der Waals surface area contributed by atoms with Crippen molar-refractivity contribution >= 4 is 22.6 Å². The van der Waals surface area contributed by atoms with Crippen molar-refractivity contribution < 1.29 is 19.5 Å². The number of ether oxygens (including phenoxy) is 1. The van der Waals surface area contributed by atoms with Crippen molar-refractivity contribution in [2.75, 3.05) is 52.9 Å². The number of unbranched alkanes of at least 4 members (excludes halogenated alkanes) is 2. The van der Waals surface area contributed by atoms with Gasteiger partial charge in [0.05, 0.1) is 5.57 Å². The maximum Gasteiger partial charge on any atom is 0.250 e. The number of amides is 2. The monoisotopic (exact) mass is 468 g/mol. The number of hydrogen-bond acceptors (Lipinski definition) is 6. The molecule has 0 aliphatic carbocycles. The Morgan fingerprint density at radius 2 is 1.82 bits per heavy atom. The van der Waals surface area contributed by atoms with Crippen molar-refractivity contribution in [1.29, 1.82) is 0 Å². The summed E-state index contributed by atoms with van der Waals surface area (Å²) in [5.41, 5.74) is 2.22. The lowest BCUT2D eigenvalue weighted by molar-refractivity contribution is -0.129. The zero-order valence-electron chi connectivity index (χ0n) is 20.0. The highest BCUT2D eigenvalue weighted by Gasteiger charge is 2.15. The molecule has 8 heteroatoms. The zero-order chi connectivity index (χ0) is 24.2. The number of carbonyl (C=O) groups is 2. The highest BCUT2D eigenvalue weighted by Crippen LogP contribution is 2.25. The van der Waals surface area contributed by atoms with E-state index >= 15 is 0 Å². The number of nitrogens with zero attached hydrogens (tertiary/aromatic N) is 2. The molecule has 0 bridgehead atoms. The Kier molecular flexibility index (Phi) is 10.3. The van der Waals surface area contributed by atoms with Crippen LogP contribution in [0.5, 0.6) is 5.75 Å². The van der Waals surface area contributed by atoms with Gasteiger partial charge in [0.2, 0.25) is 11.8 Å². The summed E-state index contributed by atoms with van der Waals surface area (Å²) in [5, 5.41) is 13.7. The largest absolute Gasteiger partial charge is 0.488 e. The summed E-state index contributed by atoms with van der Waals surface area (Å²) in [7, 11) is 2.13. The molecule has 0 atom stereocenters. The third-order valence-electron chi connectivity index (χ3n) is 6.11. The Bertz CT molecular complexity index is 965. The lowest BCUT2D eigenvalue weighted by atomic mass is 10.1. The van der Waals surface area contributed by atoms with Crippen molar-refractivity contribution in [3.8, 4) is 5.75 Å². The molecule has 2 amide bonds. The first-order valence-corrected chi connectivity index (χ1v) is 12.0. The molecule has 1 saturated heterocycles. The third kappa shape index (κ3) is 8.13. The van der Waals surface area contributed by atoms with E-state index in [1.54, 1.807) is 5.48 Å². The highest BCUT2D eigenvalue weighted by atomic mass is 16.5. The zero-order valence-corrected chi connectivity index (χ0v) is 20.0. The van der Waals surface area contributed by atoms with Crippen LogP contribution in [0.1, 0.15) is 25.7 Å². The molecule has 0 radical (unpaired) electrons. The number of hydrogen-bond donors (Lipinski definition) is 3. The van der Waals surface area contributed by atoms with Gasteiger partial charge in [-0.1, -0.05) is 42.5 Å². The molecule has 1 aliphatic rings. The normalized spacial score (nSPS) is 15.3. The van der Waals surface area contributed by atoms with Crippen LogP contribution in [0, 0.1) is 0 Å². The number of rotatable bonds is 12. The Hall–Kier alpha value is -2.94. The molecule has 1 heterocycles. The van der Waals surface area contributed by atoms with E-state index < -0.39 is 5.91 Å². The Labute approximate surface area is 201 Å². The van der Waals surface area contributed by atoms with Gasteiger partial charge >= 0.3 is 0 Å². The summed E-state index contributed by atoms with van der Waals surface area (Å²) in [5.74, 6) is 0.224. The van der Waals surface area contributed by atoms with Crippen LogP contribution >= 0.6 is 0 Å². The van der Waals surface area contributed by atoms with Crippen molar-refractivity contribution in [1.82, 2.24) is 20.6 Å². The molecule has 1 fully saturated rings. The number of piperazine rings is 1. The fourth-order valence-corrected chi connectivity index (χ4v) is 3.97. The van der Waals surface area contributed by atoms with Gasteiger partial charge in [-0.2, -0.15) is 0 Å². The molecule has 1 aliphatic heterocycles. The fraction of sp³-hybridized carbons (Fsp3) is 0.462. The standard InChI is InChI=1S/C26H36N4O4/c1-29-16-18-30(19-17-29)15-14-27-26(32)22(9-3-2-4-13-25(31)28-33)20-34-24-12-7-10-21-8-5-6-11-23(21)24/h5-12,33H,2-4,13-20H2,1H3,(H,27,32)(H,28,31)/b22-9+. The van der Waals surface area contributed by atoms with Crippen LogP contribution in [0.15, 0.2) is 54.1 Å². The van der Waals surface area contributed by atoms with Crippen LogP contribution < -0.4 is 15.5 Å². The van der Waals surface area contributed by atoms with E-state index in [1.807, 2.05) is 48.5 Å². The van der Waals surface area contributed by atoms with E-state index in [1.165, 1.54) is 0 Å². The number of hydroxylamine groups is 1. The van der Waals surface area contributed by atoms with Gasteiger partial charge in [-0.15, -0.1) is 0 Å². The molecule has 8 nitrogen and oxygen atoms in total. The lowest BCUT2D eigenvalue weighted by Gasteiger charge is -2.32. The minimum Gasteiger partial charge on any atom is -0.488 e. The molecule has 0 spiro atoms. The van der Waals surface area contributed by atoms with E-state index in [4.69, 9.17) is 9.94 Å². The summed E-state index contributed by atoms with van der Waals surface area (Å²) in [4.78, 5) is 28.8. The number of allylic oxidation sites excluding steroid dienone is 1. The molecule has 2 aromatic rings. The van der Waals surface area contributed by atoms with Crippen molar-refractivity contribution in [2.24, 2.45) is 0 Å². The first kappa shape index (κ1) is 25.7. The Balaban J connectivity index is 1.57. The lowest BCUT2D eigenvalue weighted by Crippen LogP contribution is -2.47. The van der Waals surface area contributed by atoms with Crippen LogP contribution in [-0.2, 0) is 9.59 Å². The van der Waals surface area contributed by atoms with E-state index in [9.17, 15) is 9.59 Å². The van der Waals surface area contributed by atoms with Crippen LogP contribution in [0.4, 0.5) is 0 Å². The smallest absolute Gasteiger partial charge is 0.250 e. The van der Waals surface area contributed by atoms with Gasteiger partial charge in [0.25, 0.3) is 0 Å². The van der Waals surface area contributed by atoms with Gasteiger partial charge in [-0.3, -0.25) is 19.7 Å². The molecular formula is C26H36N4O4. The maximum atomic E-state index is 13.0. The number of likely N-dealkylation sites (N-methyl/N-ethyl adjacent to an activating group) is 1. The third-order valence-corrected chi connectivity index (χ3v) is 6.11. The summed E-state index contributed by atoms with van der Waals surface area (Å²) in [6.45, 7) is 5.71. The van der Waals surface area contributed by atoms with Gasteiger partial charge in [-0.25, -0.2) is 5.48 Å². The SMILES string of the molecule is CN1CCN(CCNC(=O)/C(=C/CCCCC(=O)NO)COc2cccc3ccccc23)CC1. The molecular weight excluding hydrogens is 432 g/mol. The van der Waals surface area contributed by atoms with Gasteiger partial charge < -0.3 is 15.0 Å². The predicted molar refractivity (Wildman–Crippen MR) is 133 cm³/mol. The summed E-state index contributed by atoms with van der Waals surface area (Å²) >= 11 is 0. The van der Waals surface area contributed by atoms with E-state index in [0.717, 1.165) is 55.7 Å². The van der Waals surface area contributed by atoms with E-state index in [-0.39, 0.29) is 18.9 Å². The van der Waals surface area contributed by atoms with Gasteiger partial charge in [-0.05, 0) is 37.8 Å². The van der Waals surface area contributed by atoms with Crippen molar-refractivity contribution in [3.63, 3.8) is 0 Å². The van der Waals surface area contributed by atoms with Crippen LogP contribution in [-0.4, -0.2) is 79.7 Å². The van der Waals surface area contributed by atoms with Crippen LogP contribution in [0.2, 0.25) is 0 Å². The molecule has 0 unspecified atom stereocenters. The van der Waals surface area contributed by atoms with Gasteiger partial charge in [0.15, 0.2) is 0 Å². The molecule has 2 aromatic carbocycles. The van der Waals surface area contributed by atoms with Gasteiger partial charge in [0, 0.05) is 51.1 Å². The average molecular weight is 469 g/mol. The van der Waals surface area contributed by atoms with Crippen molar-refractivity contribution in [2.45, 2.75) is 25.7 Å². The average Bonchev–Trinajstić information content (AvgIpc) is 2.86. The fourth-order valence-electron chi connectivity index (χ4n) is 3.97. The summed E-state index contributed by atoms with van der Waals surface area (Å²) in [6, 6.07) is 13.9. The van der Waals surface area contributed by atoms with Crippen molar-refractivity contribution in [3.05, 3.63) is 54.1 Å². The first-order chi connectivity index (χ1) is 16.6. The second kappa shape index (κ2) is 13.7. The molecule has 3 N–H and O–H groups in total. The maximum absolute atomic E-state index is 13.0. The quantitative estimate of drug-likeness (QED) is 0.192. The molecule has 3 rings (SSSR count). The minimum atomic E-state index is -0.398. The molecule has 0 aromatic heterocycles. The minimum absolute atomic E-state index is 0.123. The molecule has 184 valence electrons. The number of fused-ring (bicyclic) bond motifs is 1. The highest BCUT2D eigenvalue weighted by molar-refractivity contribution is 5.94. The Morgan fingerprint density at radius 1 is 1.06 bits per heavy atom. The predicted octanol–water partition coefficient (Wildman–Crippen LogP) is 2.57. The number of nitrogens with one attached hydrogen (secondary N) is 2. The number of carbonyl (C=O) groups excluding carboxylic acids is 2. The first-order valence-electron chi connectivity index (χ1n) is 12.0. The second-order valence-corrected chi connectivity index (χ2v) is 8.68. The van der Waals surface area contributed by atoms with E-state index in [2.05, 4.69) is 22.2 Å². The second-order valence-electron chi connectivity index (χ2n) is 8.68. The van der Waals surface area contributed by atoms with Crippen LogP contribution in [0.3, 0.4) is 0 Å². The molecule has 0 saturated carbocycles. The van der Waals surface area contributed by atoms with E-state index in [0.29, 0.717) is 25.0 Å². The number of benzene rings is 2. The molecule has 34 heavy (non-hydrogen) atoms. The summed E-state index contributed by atoms with van der Waals surface area (Å²) in [6.07, 6.45) is 4.17. The van der Waals surface area contributed by atoms with Crippen LogP contribution in [0.25, 0.3) is 10.8 Å².